The number of aromatic nitrogens is 2. The molecule has 1 N–H and O–H groups in total. The number of anilines is 1. The molecule has 0 aromatic carbocycles. The van der Waals surface area contributed by atoms with Crippen LogP contribution >= 0.6 is 11.3 Å². The molecular weight excluding hydrogens is 276 g/mol. The van der Waals surface area contributed by atoms with Gasteiger partial charge in [-0.2, -0.15) is 0 Å². The SMILES string of the molecule is CCC1CN(c2nc3sccn3c2C(=O)O)CCN1C. The molecule has 1 aliphatic rings. The summed E-state index contributed by atoms with van der Waals surface area (Å²) in [6.07, 6.45) is 2.82. The van der Waals surface area contributed by atoms with Crippen molar-refractivity contribution in [2.24, 2.45) is 0 Å². The zero-order chi connectivity index (χ0) is 14.3. The van der Waals surface area contributed by atoms with Crippen LogP contribution < -0.4 is 4.90 Å². The van der Waals surface area contributed by atoms with E-state index in [1.54, 1.807) is 10.6 Å². The lowest BCUT2D eigenvalue weighted by molar-refractivity contribution is 0.0690. The molecule has 6 nitrogen and oxygen atoms in total. The Balaban J connectivity index is 1.99. The molecular formula is C13H18N4O2S. The number of fused-ring (bicyclic) bond motifs is 1. The number of thiazole rings is 1. The average Bonchev–Trinajstić information content (AvgIpc) is 2.98. The number of hydrogen-bond donors (Lipinski definition) is 1. The third kappa shape index (κ3) is 2.06. The Hall–Kier alpha value is -1.60. The topological polar surface area (TPSA) is 61.1 Å². The van der Waals surface area contributed by atoms with Gasteiger partial charge in [-0.05, 0) is 13.5 Å². The first-order valence-corrected chi connectivity index (χ1v) is 7.63. The lowest BCUT2D eigenvalue weighted by atomic mass is 10.1. The highest BCUT2D eigenvalue weighted by atomic mass is 32.1. The molecule has 7 heteroatoms. The van der Waals surface area contributed by atoms with E-state index >= 15 is 0 Å². The summed E-state index contributed by atoms with van der Waals surface area (Å²) in [5.74, 6) is -0.311. The quantitative estimate of drug-likeness (QED) is 0.932. The van der Waals surface area contributed by atoms with E-state index in [1.807, 2.05) is 5.38 Å². The van der Waals surface area contributed by atoms with Crippen molar-refractivity contribution in [3.8, 4) is 0 Å². The lowest BCUT2D eigenvalue weighted by Gasteiger charge is -2.39. The Morgan fingerprint density at radius 1 is 1.55 bits per heavy atom. The fraction of sp³-hybridized carbons (Fsp3) is 0.538. The zero-order valence-corrected chi connectivity index (χ0v) is 12.4. The summed E-state index contributed by atoms with van der Waals surface area (Å²) in [5, 5.41) is 11.3. The van der Waals surface area contributed by atoms with Crippen LogP contribution in [0.2, 0.25) is 0 Å². The lowest BCUT2D eigenvalue weighted by Crippen LogP contribution is -2.51. The Morgan fingerprint density at radius 2 is 2.35 bits per heavy atom. The van der Waals surface area contributed by atoms with Crippen molar-refractivity contribution < 1.29 is 9.90 Å². The van der Waals surface area contributed by atoms with Crippen molar-refractivity contribution in [3.05, 3.63) is 17.3 Å². The number of aromatic carboxylic acids is 1. The van der Waals surface area contributed by atoms with Crippen LogP contribution in [0, 0.1) is 0 Å². The van der Waals surface area contributed by atoms with Gasteiger partial charge in [0.05, 0.1) is 0 Å². The summed E-state index contributed by atoms with van der Waals surface area (Å²) in [7, 11) is 2.12. The molecule has 3 heterocycles. The van der Waals surface area contributed by atoms with E-state index in [0.717, 1.165) is 31.0 Å². The van der Waals surface area contributed by atoms with E-state index in [9.17, 15) is 9.90 Å². The largest absolute Gasteiger partial charge is 0.476 e. The first-order valence-electron chi connectivity index (χ1n) is 6.75. The smallest absolute Gasteiger partial charge is 0.356 e. The second kappa shape index (κ2) is 5.06. The second-order valence-corrected chi connectivity index (χ2v) is 6.01. The minimum atomic E-state index is -0.919. The normalized spacial score (nSPS) is 20.7. The third-order valence-corrected chi connectivity index (χ3v) is 4.75. The van der Waals surface area contributed by atoms with Crippen LogP contribution in [0.5, 0.6) is 0 Å². The number of hydrogen-bond acceptors (Lipinski definition) is 5. The molecule has 0 saturated carbocycles. The van der Waals surface area contributed by atoms with Crippen LogP contribution in [0.25, 0.3) is 4.96 Å². The molecule has 1 unspecified atom stereocenters. The van der Waals surface area contributed by atoms with Gasteiger partial charge in [0.15, 0.2) is 16.5 Å². The number of carboxylic acids is 1. The Bertz CT molecular complexity index is 635. The predicted molar refractivity (Wildman–Crippen MR) is 79.0 cm³/mol. The fourth-order valence-corrected chi connectivity index (χ4v) is 3.48. The van der Waals surface area contributed by atoms with Gasteiger partial charge in [0.1, 0.15) is 0 Å². The van der Waals surface area contributed by atoms with Gasteiger partial charge in [-0.1, -0.05) is 6.92 Å². The molecule has 0 aliphatic carbocycles. The van der Waals surface area contributed by atoms with E-state index in [2.05, 4.69) is 28.8 Å². The maximum atomic E-state index is 11.6. The van der Waals surface area contributed by atoms with Crippen molar-refractivity contribution in [1.82, 2.24) is 14.3 Å². The number of carbonyl (C=O) groups is 1. The van der Waals surface area contributed by atoms with Crippen molar-refractivity contribution in [2.75, 3.05) is 31.6 Å². The number of piperazine rings is 1. The molecule has 2 aromatic heterocycles. The predicted octanol–water partition coefficient (Wildman–Crippen LogP) is 1.62. The van der Waals surface area contributed by atoms with Crippen LogP contribution in [0.3, 0.4) is 0 Å². The first-order chi connectivity index (χ1) is 9.61. The molecule has 1 atom stereocenters. The van der Waals surface area contributed by atoms with Crippen LogP contribution in [-0.2, 0) is 0 Å². The number of nitrogens with zero attached hydrogens (tertiary/aromatic N) is 4. The minimum absolute atomic E-state index is 0.278. The molecule has 3 rings (SSSR count). The second-order valence-electron chi connectivity index (χ2n) is 5.13. The summed E-state index contributed by atoms with van der Waals surface area (Å²) < 4.78 is 1.67. The molecule has 1 fully saturated rings. The van der Waals surface area contributed by atoms with E-state index in [4.69, 9.17) is 0 Å². The number of carboxylic acid groups (broad SMARTS) is 1. The maximum absolute atomic E-state index is 11.6. The molecule has 0 spiro atoms. The molecule has 0 bridgehead atoms. The molecule has 108 valence electrons. The van der Waals surface area contributed by atoms with E-state index in [0.29, 0.717) is 11.9 Å². The summed E-state index contributed by atoms with van der Waals surface area (Å²) in [6, 6.07) is 0.449. The van der Waals surface area contributed by atoms with Gasteiger partial charge in [-0.15, -0.1) is 11.3 Å². The summed E-state index contributed by atoms with van der Waals surface area (Å²) in [6.45, 7) is 4.74. The fourth-order valence-electron chi connectivity index (χ4n) is 2.77. The van der Waals surface area contributed by atoms with Gasteiger partial charge < -0.3 is 10.0 Å². The number of rotatable bonds is 3. The monoisotopic (exact) mass is 294 g/mol. The molecule has 1 aliphatic heterocycles. The maximum Gasteiger partial charge on any atom is 0.356 e. The highest BCUT2D eigenvalue weighted by Crippen LogP contribution is 2.26. The number of imidazole rings is 1. The van der Waals surface area contributed by atoms with Gasteiger partial charge in [-0.25, -0.2) is 9.78 Å². The van der Waals surface area contributed by atoms with Gasteiger partial charge in [0, 0.05) is 37.3 Å². The molecule has 1 saturated heterocycles. The Morgan fingerprint density at radius 3 is 3.05 bits per heavy atom. The van der Waals surface area contributed by atoms with Crippen molar-refractivity contribution >= 4 is 28.1 Å². The van der Waals surface area contributed by atoms with Gasteiger partial charge in [0.25, 0.3) is 0 Å². The highest BCUT2D eigenvalue weighted by molar-refractivity contribution is 7.15. The zero-order valence-electron chi connectivity index (χ0n) is 11.6. The summed E-state index contributed by atoms with van der Waals surface area (Å²) >= 11 is 1.46. The van der Waals surface area contributed by atoms with E-state index in [-0.39, 0.29) is 5.69 Å². The van der Waals surface area contributed by atoms with Gasteiger partial charge in [-0.3, -0.25) is 9.30 Å². The molecule has 0 amide bonds. The van der Waals surface area contributed by atoms with Crippen LogP contribution in [0.4, 0.5) is 5.82 Å². The highest BCUT2D eigenvalue weighted by Gasteiger charge is 2.29. The van der Waals surface area contributed by atoms with E-state index < -0.39 is 5.97 Å². The first kappa shape index (κ1) is 13.4. The molecule has 0 radical (unpaired) electrons. The van der Waals surface area contributed by atoms with Gasteiger partial charge >= 0.3 is 5.97 Å². The van der Waals surface area contributed by atoms with E-state index in [1.165, 1.54) is 11.3 Å². The van der Waals surface area contributed by atoms with Crippen molar-refractivity contribution in [3.63, 3.8) is 0 Å². The van der Waals surface area contributed by atoms with Gasteiger partial charge in [0.2, 0.25) is 0 Å². The molecule has 2 aromatic rings. The Labute approximate surface area is 121 Å². The standard InChI is InChI=1S/C13H18N4O2S/c1-3-9-8-16(5-4-15(9)2)11-10(12(18)19)17-6-7-20-13(17)14-11/h6-7,9H,3-5,8H2,1-2H3,(H,18,19). The summed E-state index contributed by atoms with van der Waals surface area (Å²) in [4.78, 5) is 21.3. The van der Waals surface area contributed by atoms with Crippen molar-refractivity contribution in [1.29, 1.82) is 0 Å². The minimum Gasteiger partial charge on any atom is -0.476 e. The molecule has 20 heavy (non-hydrogen) atoms. The van der Waals surface area contributed by atoms with Crippen LogP contribution in [-0.4, -0.2) is 58.1 Å². The average molecular weight is 294 g/mol. The van der Waals surface area contributed by atoms with Crippen LogP contribution in [0.15, 0.2) is 11.6 Å². The van der Waals surface area contributed by atoms with Crippen LogP contribution in [0.1, 0.15) is 23.8 Å². The third-order valence-electron chi connectivity index (χ3n) is 3.99. The van der Waals surface area contributed by atoms with Crippen molar-refractivity contribution in [2.45, 2.75) is 19.4 Å². The number of likely N-dealkylation sites (N-methyl/N-ethyl adjacent to an activating group) is 1. The Kier molecular flexibility index (Phi) is 3.39. The summed E-state index contributed by atoms with van der Waals surface area (Å²) in [5.41, 5.74) is 0.278.